The zero-order valence-electron chi connectivity index (χ0n) is 75.7. The Morgan fingerprint density at radius 1 is 0.415 bits per heavy atom. The number of hydrogen-bond donors (Lipinski definition) is 2. The molecule has 15 rings (SSSR count). The molecule has 0 unspecified atom stereocenters. The molecule has 11 heterocycles. The van der Waals surface area contributed by atoms with E-state index in [0.29, 0.717) is 48.3 Å². The number of ether oxygens (including phenoxy) is 1. The van der Waals surface area contributed by atoms with E-state index in [0.717, 1.165) is 95.3 Å². The summed E-state index contributed by atoms with van der Waals surface area (Å²) in [4.78, 5) is 83.4. The first-order valence-electron chi connectivity index (χ1n) is 44.4. The van der Waals surface area contributed by atoms with Crippen LogP contribution in [-0.4, -0.2) is 163 Å². The molecule has 1 spiro atoms. The molecule has 0 aliphatic carbocycles. The number of nitrogens with two attached hydrogens (primary N) is 1. The number of nitrogens with zero attached hydrogens (tertiary/aromatic N) is 19. The second-order valence-electron chi connectivity index (χ2n) is 32.3. The van der Waals surface area contributed by atoms with Gasteiger partial charge in [-0.3, -0.25) is 0 Å². The van der Waals surface area contributed by atoms with Gasteiger partial charge in [0.1, 0.15) is 20.5 Å². The minimum absolute atomic E-state index is 0.101. The van der Waals surface area contributed by atoms with Gasteiger partial charge in [0.05, 0.1) is 57.6 Å². The third-order valence-corrected chi connectivity index (χ3v) is 57.3. The fraction of sp³-hybridized carbons (Fsp3) is 0.381. The summed E-state index contributed by atoms with van der Waals surface area (Å²) in [5.74, 6) is 3.38. The van der Waals surface area contributed by atoms with Gasteiger partial charge in [0.15, 0.2) is 23.3 Å². The Kier molecular flexibility index (Phi) is 47.0. The normalized spacial score (nSPS) is 13.8. The van der Waals surface area contributed by atoms with E-state index >= 15 is 0 Å². The molecule has 2 fully saturated rings. The molecule has 2 N–H and O–H groups in total. The zero-order chi connectivity index (χ0) is 93.0. The topological polar surface area (TPSA) is 271 Å². The summed E-state index contributed by atoms with van der Waals surface area (Å²) in [6, 6.07) is 36.0. The summed E-state index contributed by atoms with van der Waals surface area (Å²) in [6.07, 6.45) is 49.9. The zero-order valence-corrected chi connectivity index (χ0v) is 90.1. The van der Waals surface area contributed by atoms with Crippen LogP contribution >= 0.6 is 122 Å². The molecule has 0 saturated carbocycles. The van der Waals surface area contributed by atoms with Gasteiger partial charge in [-0.05, 0) is 126 Å². The summed E-state index contributed by atoms with van der Waals surface area (Å²) in [6.45, 7) is 25.0. The molecular weight excluding hydrogens is 2080 g/mol. The van der Waals surface area contributed by atoms with Gasteiger partial charge in [0, 0.05) is 133 Å². The number of piperidine rings is 1. The van der Waals surface area contributed by atoms with Crippen LogP contribution in [0.5, 0.6) is 0 Å². The first kappa shape index (κ1) is 107. The number of hydrogen-bond acceptors (Lipinski definition) is 25. The largest absolute Gasteiger partial charge is 0.376 e. The second kappa shape index (κ2) is 57.2. The molecule has 2 saturated heterocycles. The van der Waals surface area contributed by atoms with Crippen LogP contribution in [0, 0.1) is 5.41 Å². The number of thioether (sulfide) groups is 1. The Balaban J connectivity index is 0.000000176. The SMILES string of the molecule is CC(C)(C)Sc1cccc(-c2ncccn2)c1Cl.CCC[CH2][Sn]([CH2]CCC)([CH2]CCC)[c]1ncccn1.CCC[CH2][Sn]([CH2]CCC)([CH2]CCC)[c]1ncccn1.C[C@@H]1OCC2(CCN(c3cnc(Sc4cccc(-c5ncccn5)c4Cl)cn3)CC2)[C@@H]1N.Clc1c(Sc2cnc(Br)cn2)cccc1-c1ncccn1.Clc1ncccn1.Sc1cccc(-c2ncccn2)c1Cl. The molecule has 2 atom stereocenters. The average Bonchev–Trinajstić information content (AvgIpc) is 1.64. The predicted octanol–water partition coefficient (Wildman–Crippen LogP) is 26.5. The standard InChI is InChI=1S/C23H25ClN6OS.C14H8BrClN4S.C14H15ClN2S.C10H7ClN2S.C4H3ClN2.2C4H3N2.6C4H9.2Sn/c1-15-21(25)23(14-31-15)6-10-30(11-7-23)18-12-29-19(13-28-18)32-17-5-2-4-16(20(17)24)22-26-8-3-9-27-22;15-11-7-20-12(8-19-11)21-10-4-1-3-9(13(10)16)14-17-5-2-6-18-14;1-14(2,3)18-11-7-4-6-10(12(11)15)13-16-8-5-9-17-13;11-9-7(3-1-4-8(9)14)10-12-5-2-6-13-10;5-4-6-2-1-3-7-4;2*1-2-5-4-6-3-1;6*1-3-4-2;;/h2-5,8-9,12-13,15,21H,6-7,10-11,14,25H2,1H3;1-8H;4-9H,1-3H3;1-6,14H;1-3H;2*1-3H;6*1,3-4H2,2H3;;/t15-,21+;;;;;;;;;;;;;;/m0............../s1. The third kappa shape index (κ3) is 33.7. The molecule has 33 heteroatoms. The van der Waals surface area contributed by atoms with Gasteiger partial charge in [0.2, 0.25) is 5.28 Å². The molecule has 0 bridgehead atoms. The quantitative estimate of drug-likeness (QED) is 0.0183. The van der Waals surface area contributed by atoms with Gasteiger partial charge in [-0.2, -0.15) is 0 Å². The van der Waals surface area contributed by atoms with Gasteiger partial charge >= 0.3 is 247 Å². The molecule has 0 radical (unpaired) electrons. The maximum Gasteiger partial charge on any atom is 0.222 e. The number of benzene rings is 4. The van der Waals surface area contributed by atoms with Crippen LogP contribution in [0.1, 0.15) is 159 Å². The van der Waals surface area contributed by atoms with Gasteiger partial charge in [-0.15, -0.1) is 24.4 Å². The van der Waals surface area contributed by atoms with Crippen LogP contribution in [0.4, 0.5) is 5.82 Å². The monoisotopic (exact) mass is 2200 g/mol. The van der Waals surface area contributed by atoms with Crippen LogP contribution in [0.15, 0.2) is 261 Å². The number of thiol groups is 1. The summed E-state index contributed by atoms with van der Waals surface area (Å²) >= 11 is 38.5. The smallest absolute Gasteiger partial charge is 0.222 e. The van der Waals surface area contributed by atoms with Gasteiger partial charge in [-0.25, -0.2) is 69.8 Å². The first-order chi connectivity index (χ1) is 63.0. The molecule has 2 aliphatic heterocycles. The number of rotatable bonds is 30. The third-order valence-electron chi connectivity index (χ3n) is 21.7. The maximum atomic E-state index is 6.65. The Morgan fingerprint density at radius 2 is 0.738 bits per heavy atom. The molecule has 686 valence electrons. The Morgan fingerprint density at radius 3 is 1.05 bits per heavy atom. The maximum absolute atomic E-state index is 6.65. The molecule has 2 aliphatic rings. The van der Waals surface area contributed by atoms with Crippen molar-refractivity contribution in [3.8, 4) is 45.6 Å². The summed E-state index contributed by atoms with van der Waals surface area (Å²) in [5.41, 5.74) is 9.82. The average molecular weight is 2200 g/mol. The van der Waals surface area contributed by atoms with Crippen LogP contribution < -0.4 is 18.3 Å². The van der Waals surface area contributed by atoms with E-state index in [9.17, 15) is 0 Å². The summed E-state index contributed by atoms with van der Waals surface area (Å²) < 4.78 is 18.0. The fourth-order valence-electron chi connectivity index (χ4n) is 14.8. The number of unbranched alkanes of at least 4 members (excludes halogenated alkanes) is 6. The van der Waals surface area contributed by atoms with Gasteiger partial charge in [0.25, 0.3) is 0 Å². The van der Waals surface area contributed by atoms with Crippen LogP contribution in [0.3, 0.4) is 0 Å². The van der Waals surface area contributed by atoms with Crippen molar-refractivity contribution in [1.29, 1.82) is 0 Å². The van der Waals surface area contributed by atoms with E-state index < -0.39 is 36.8 Å². The minimum atomic E-state index is -2.32. The van der Waals surface area contributed by atoms with Crippen molar-refractivity contribution in [3.05, 3.63) is 257 Å². The number of aromatic nitrogens is 18. The van der Waals surface area contributed by atoms with Crippen molar-refractivity contribution < 1.29 is 4.74 Å². The van der Waals surface area contributed by atoms with Crippen LogP contribution in [-0.2, 0) is 4.74 Å². The van der Waals surface area contributed by atoms with Crippen LogP contribution in [0.2, 0.25) is 52.0 Å². The first-order valence-corrected chi connectivity index (χ1v) is 64.9. The van der Waals surface area contributed by atoms with Crippen molar-refractivity contribution in [2.24, 2.45) is 11.1 Å². The molecule has 0 amide bonds. The Hall–Kier alpha value is -6.75. The van der Waals surface area contributed by atoms with Gasteiger partial charge in [-0.1, -0.05) is 115 Å². The second-order valence-corrected chi connectivity index (χ2v) is 65.2. The van der Waals surface area contributed by atoms with Crippen molar-refractivity contribution in [2.75, 3.05) is 24.6 Å². The number of halogens is 6. The molecular formula is C97H118BrCl5N20OS4Sn2. The molecule has 9 aromatic heterocycles. The van der Waals surface area contributed by atoms with Crippen molar-refractivity contribution >= 4 is 172 Å². The predicted molar refractivity (Wildman–Crippen MR) is 550 cm³/mol. The van der Waals surface area contributed by atoms with E-state index in [4.69, 9.17) is 88.4 Å². The Labute approximate surface area is 828 Å². The van der Waals surface area contributed by atoms with Crippen molar-refractivity contribution in [1.82, 2.24) is 89.7 Å². The summed E-state index contributed by atoms with van der Waals surface area (Å²) in [5, 5.41) is 4.38. The summed E-state index contributed by atoms with van der Waals surface area (Å²) in [7, 11) is 0. The van der Waals surface area contributed by atoms with E-state index in [1.807, 2.05) is 116 Å². The molecule has 130 heavy (non-hydrogen) atoms. The van der Waals surface area contributed by atoms with E-state index in [-0.39, 0.29) is 22.3 Å². The molecule has 4 aromatic carbocycles. The van der Waals surface area contributed by atoms with Crippen molar-refractivity contribution in [2.45, 2.75) is 232 Å². The van der Waals surface area contributed by atoms with Crippen LogP contribution in [0.25, 0.3) is 45.6 Å². The minimum Gasteiger partial charge on any atom is -0.376 e. The van der Waals surface area contributed by atoms with Gasteiger partial charge < -0.3 is 15.4 Å². The number of anilines is 1. The van der Waals surface area contributed by atoms with Crippen molar-refractivity contribution in [3.63, 3.8) is 0 Å². The Bertz CT molecular complexity index is 5290. The fourth-order valence-corrected chi connectivity index (χ4v) is 48.8. The van der Waals surface area contributed by atoms with E-state index in [2.05, 4.69) is 172 Å². The van der Waals surface area contributed by atoms with E-state index in [1.54, 1.807) is 123 Å². The van der Waals surface area contributed by atoms with E-state index in [1.165, 1.54) is 135 Å². The molecule has 13 aromatic rings. The molecule has 21 nitrogen and oxygen atoms in total.